The van der Waals surface area contributed by atoms with Crippen LogP contribution in [0.5, 0.6) is 5.75 Å². The number of ether oxygens (including phenoxy) is 2. The molecule has 0 heterocycles. The smallest absolute Gasteiger partial charge is 0.491 e. The predicted molar refractivity (Wildman–Crippen MR) is 57.1 cm³/mol. The van der Waals surface area contributed by atoms with Gasteiger partial charge < -0.3 is 22.4 Å². The number of hydrogen-bond acceptors (Lipinski definition) is 2. The molecule has 1 rings (SSSR count). The van der Waals surface area contributed by atoms with Crippen molar-refractivity contribution in [2.24, 2.45) is 0 Å². The first-order chi connectivity index (χ1) is 7.95. The van der Waals surface area contributed by atoms with Gasteiger partial charge in [0.05, 0.1) is 6.61 Å². The zero-order valence-corrected chi connectivity index (χ0v) is 13.4. The number of benzene rings is 1. The molecular formula is C10H12BF4KO2. The Balaban J connectivity index is 0.00000289. The Morgan fingerprint density at radius 1 is 1.17 bits per heavy atom. The van der Waals surface area contributed by atoms with Crippen LogP contribution in [0.4, 0.5) is 17.3 Å². The van der Waals surface area contributed by atoms with Crippen molar-refractivity contribution in [1.82, 2.24) is 0 Å². The molecule has 0 bridgehead atoms. The Labute approximate surface area is 146 Å². The largest absolute Gasteiger partial charge is 1.00 e. The van der Waals surface area contributed by atoms with Crippen molar-refractivity contribution >= 4 is 12.4 Å². The summed E-state index contributed by atoms with van der Waals surface area (Å²) in [5.41, 5.74) is -0.867. The number of halogens is 4. The Morgan fingerprint density at radius 2 is 1.83 bits per heavy atom. The van der Waals surface area contributed by atoms with Crippen molar-refractivity contribution in [2.45, 2.75) is 6.42 Å². The monoisotopic (exact) mass is 290 g/mol. The van der Waals surface area contributed by atoms with Crippen LogP contribution in [0.15, 0.2) is 18.2 Å². The molecule has 0 aliphatic carbocycles. The standard InChI is InChI=1S/C10H12BF4O2.K/c1-16-5-2-6-17-10-7-8(11(13,14)15)3-4-9(10)12;/h3-4,7H,2,5-6H2,1H3;/q-1;+1. The van der Waals surface area contributed by atoms with Gasteiger partial charge in [-0.1, -0.05) is 6.07 Å². The quantitative estimate of drug-likeness (QED) is 0.392. The van der Waals surface area contributed by atoms with Crippen molar-refractivity contribution < 1.29 is 78.2 Å². The minimum atomic E-state index is -5.14. The Bertz CT molecular complexity index is 373. The van der Waals surface area contributed by atoms with Gasteiger partial charge in [-0.2, -0.15) is 0 Å². The topological polar surface area (TPSA) is 18.5 Å². The number of rotatable bonds is 6. The van der Waals surface area contributed by atoms with E-state index in [1.165, 1.54) is 7.11 Å². The maximum absolute atomic E-state index is 13.2. The van der Waals surface area contributed by atoms with Gasteiger partial charge in [0.2, 0.25) is 0 Å². The SMILES string of the molecule is COCCCOc1cc([B-](F)(F)F)ccc1F.[K+]. The Morgan fingerprint density at radius 3 is 2.39 bits per heavy atom. The summed E-state index contributed by atoms with van der Waals surface area (Å²) in [6.45, 7) is -4.62. The number of hydrogen-bond donors (Lipinski definition) is 0. The molecule has 0 amide bonds. The number of methoxy groups -OCH3 is 1. The molecule has 18 heavy (non-hydrogen) atoms. The van der Waals surface area contributed by atoms with Crippen molar-refractivity contribution in [3.8, 4) is 5.75 Å². The second-order valence-corrected chi connectivity index (χ2v) is 3.46. The van der Waals surface area contributed by atoms with E-state index in [2.05, 4.69) is 0 Å². The van der Waals surface area contributed by atoms with Crippen molar-refractivity contribution in [3.63, 3.8) is 0 Å². The van der Waals surface area contributed by atoms with Crippen molar-refractivity contribution in [1.29, 1.82) is 0 Å². The molecule has 2 nitrogen and oxygen atoms in total. The van der Waals surface area contributed by atoms with E-state index in [4.69, 9.17) is 9.47 Å². The minimum absolute atomic E-state index is 0. The fourth-order valence-corrected chi connectivity index (χ4v) is 1.22. The van der Waals surface area contributed by atoms with E-state index in [1.807, 2.05) is 0 Å². The van der Waals surface area contributed by atoms with E-state index < -0.39 is 18.3 Å². The zero-order valence-electron chi connectivity index (χ0n) is 10.3. The van der Waals surface area contributed by atoms with Crippen LogP contribution >= 0.6 is 0 Å². The van der Waals surface area contributed by atoms with E-state index in [9.17, 15) is 17.3 Å². The molecule has 8 heteroatoms. The van der Waals surface area contributed by atoms with Crippen LogP contribution in [0.2, 0.25) is 0 Å². The van der Waals surface area contributed by atoms with Gasteiger partial charge in [-0.25, -0.2) is 4.39 Å². The van der Waals surface area contributed by atoms with E-state index in [0.717, 1.165) is 6.07 Å². The molecule has 0 aromatic heterocycles. The summed E-state index contributed by atoms with van der Waals surface area (Å²) in [5.74, 6) is -1.18. The van der Waals surface area contributed by atoms with E-state index >= 15 is 0 Å². The molecule has 0 N–H and O–H groups in total. The molecule has 1 aromatic carbocycles. The summed E-state index contributed by atoms with van der Waals surface area (Å²) in [6, 6.07) is 2.15. The van der Waals surface area contributed by atoms with Crippen LogP contribution in [0.3, 0.4) is 0 Å². The Hall–Kier alpha value is 0.401. The van der Waals surface area contributed by atoms with Gasteiger partial charge in [-0.3, -0.25) is 0 Å². The molecule has 0 aliphatic heterocycles. The average molecular weight is 290 g/mol. The third kappa shape index (κ3) is 6.03. The molecule has 0 aliphatic rings. The second kappa shape index (κ2) is 8.55. The van der Waals surface area contributed by atoms with Gasteiger partial charge in [0.25, 0.3) is 0 Å². The van der Waals surface area contributed by atoms with Crippen LogP contribution in [0.1, 0.15) is 6.42 Å². The third-order valence-corrected chi connectivity index (χ3v) is 2.08. The molecule has 1 aromatic rings. The van der Waals surface area contributed by atoms with Crippen LogP contribution in [0, 0.1) is 5.82 Å². The van der Waals surface area contributed by atoms with Crippen molar-refractivity contribution in [2.75, 3.05) is 20.3 Å². The summed E-state index contributed by atoms with van der Waals surface area (Å²) in [6.07, 6.45) is 0.483. The van der Waals surface area contributed by atoms with Gasteiger partial charge in [-0.05, 0) is 12.1 Å². The van der Waals surface area contributed by atoms with Crippen LogP contribution < -0.4 is 61.6 Å². The predicted octanol–water partition coefficient (Wildman–Crippen LogP) is -0.701. The molecule has 0 spiro atoms. The van der Waals surface area contributed by atoms with Gasteiger partial charge in [-0.15, -0.1) is 5.46 Å². The second-order valence-electron chi connectivity index (χ2n) is 3.46. The maximum atomic E-state index is 13.2. The average Bonchev–Trinajstić information content (AvgIpc) is 2.25. The molecule has 96 valence electrons. The van der Waals surface area contributed by atoms with Crippen LogP contribution in [-0.4, -0.2) is 27.3 Å². The van der Waals surface area contributed by atoms with Crippen LogP contribution in [0.25, 0.3) is 0 Å². The van der Waals surface area contributed by atoms with E-state index in [0.29, 0.717) is 25.2 Å². The fraction of sp³-hybridized carbons (Fsp3) is 0.400. The van der Waals surface area contributed by atoms with Gasteiger partial charge in [0.1, 0.15) is 0 Å². The summed E-state index contributed by atoms with van der Waals surface area (Å²) in [7, 11) is 1.49. The normalized spacial score (nSPS) is 10.9. The van der Waals surface area contributed by atoms with E-state index in [1.54, 1.807) is 0 Å². The van der Waals surface area contributed by atoms with Gasteiger partial charge >= 0.3 is 58.4 Å². The zero-order chi connectivity index (χ0) is 12.9. The molecule has 0 saturated heterocycles. The first-order valence-electron chi connectivity index (χ1n) is 5.06. The molecular weight excluding hydrogens is 278 g/mol. The summed E-state index contributed by atoms with van der Waals surface area (Å²) in [5, 5.41) is 0. The first kappa shape index (κ1) is 18.4. The van der Waals surface area contributed by atoms with Gasteiger partial charge in [0.15, 0.2) is 11.6 Å². The minimum Gasteiger partial charge on any atom is -0.491 e. The van der Waals surface area contributed by atoms with Gasteiger partial charge in [0, 0.05) is 20.1 Å². The summed E-state index contributed by atoms with van der Waals surface area (Å²) < 4.78 is 60.0. The molecule has 0 radical (unpaired) electrons. The van der Waals surface area contributed by atoms with E-state index in [-0.39, 0.29) is 63.7 Å². The van der Waals surface area contributed by atoms with Crippen molar-refractivity contribution in [3.05, 3.63) is 24.0 Å². The molecule has 0 saturated carbocycles. The summed E-state index contributed by atoms with van der Waals surface area (Å²) >= 11 is 0. The maximum Gasteiger partial charge on any atom is 1.00 e. The Kier molecular flexibility index (Phi) is 8.74. The fourth-order valence-electron chi connectivity index (χ4n) is 1.22. The summed E-state index contributed by atoms with van der Waals surface area (Å²) in [4.78, 5) is 0. The van der Waals surface area contributed by atoms with Crippen LogP contribution in [-0.2, 0) is 4.74 Å². The first-order valence-corrected chi connectivity index (χ1v) is 5.06. The molecule has 0 fully saturated rings. The molecule has 0 atom stereocenters. The molecule has 0 unspecified atom stereocenters. The third-order valence-electron chi connectivity index (χ3n) is 2.08.